The van der Waals surface area contributed by atoms with Gasteiger partial charge in [-0.05, 0) is 46.5 Å². The first kappa shape index (κ1) is 19.3. The molecule has 27 heavy (non-hydrogen) atoms. The molecule has 9 nitrogen and oxygen atoms in total. The van der Waals surface area contributed by atoms with Crippen LogP contribution in [-0.4, -0.2) is 31.1 Å². The van der Waals surface area contributed by atoms with Crippen LogP contribution in [0.3, 0.4) is 0 Å². The lowest BCUT2D eigenvalue weighted by Gasteiger charge is -2.10. The molecular weight excluding hydrogens is 462 g/mol. The molecule has 0 bridgehead atoms. The summed E-state index contributed by atoms with van der Waals surface area (Å²) in [6.45, 7) is 0. The van der Waals surface area contributed by atoms with Crippen LogP contribution in [0.25, 0.3) is 0 Å². The van der Waals surface area contributed by atoms with Gasteiger partial charge in [0.05, 0.1) is 15.5 Å². The SMILES string of the molecule is Cn1nnnc1Sc1ccc([N+](=O)[O-])cc1C(=O)Oc1ccc(Br)cc1Cl. The fourth-order valence-corrected chi connectivity index (χ4v) is 3.54. The molecule has 0 aliphatic heterocycles. The van der Waals surface area contributed by atoms with Crippen molar-refractivity contribution < 1.29 is 14.5 Å². The van der Waals surface area contributed by atoms with Gasteiger partial charge in [-0.25, -0.2) is 9.48 Å². The van der Waals surface area contributed by atoms with Gasteiger partial charge in [0.25, 0.3) is 5.69 Å². The van der Waals surface area contributed by atoms with Gasteiger partial charge in [0.2, 0.25) is 5.16 Å². The Kier molecular flexibility index (Phi) is 5.73. The van der Waals surface area contributed by atoms with Crippen LogP contribution in [-0.2, 0) is 7.05 Å². The minimum absolute atomic E-state index is 0.00353. The smallest absolute Gasteiger partial charge is 0.344 e. The summed E-state index contributed by atoms with van der Waals surface area (Å²) in [4.78, 5) is 23.6. The van der Waals surface area contributed by atoms with E-state index < -0.39 is 10.9 Å². The molecule has 0 atom stereocenters. The second-order valence-electron chi connectivity index (χ2n) is 5.09. The number of nitro groups is 1. The molecule has 1 aromatic heterocycles. The number of esters is 1. The number of carbonyl (C=O) groups is 1. The molecule has 0 spiro atoms. The lowest BCUT2D eigenvalue weighted by atomic mass is 10.2. The third kappa shape index (κ3) is 4.43. The Labute approximate surface area is 169 Å². The number of aryl methyl sites for hydroxylation is 1. The second kappa shape index (κ2) is 8.03. The van der Waals surface area contributed by atoms with Crippen LogP contribution >= 0.6 is 39.3 Å². The number of ether oxygens (including phenoxy) is 1. The van der Waals surface area contributed by atoms with E-state index in [1.165, 1.54) is 22.9 Å². The number of carbonyl (C=O) groups excluding carboxylic acids is 1. The molecule has 0 aliphatic rings. The van der Waals surface area contributed by atoms with Crippen molar-refractivity contribution in [2.75, 3.05) is 0 Å². The van der Waals surface area contributed by atoms with E-state index in [0.29, 0.717) is 14.5 Å². The molecule has 0 radical (unpaired) electrons. The molecular formula is C15H9BrClN5O4S. The normalized spacial score (nSPS) is 10.6. The third-order valence-electron chi connectivity index (χ3n) is 3.27. The first-order valence-electron chi connectivity index (χ1n) is 7.21. The van der Waals surface area contributed by atoms with Crippen molar-refractivity contribution in [1.82, 2.24) is 20.2 Å². The first-order chi connectivity index (χ1) is 12.8. The number of rotatable bonds is 5. The van der Waals surface area contributed by atoms with E-state index in [1.54, 1.807) is 19.2 Å². The number of tetrazole rings is 1. The van der Waals surface area contributed by atoms with Crippen LogP contribution in [0.5, 0.6) is 5.75 Å². The zero-order valence-electron chi connectivity index (χ0n) is 13.5. The summed E-state index contributed by atoms with van der Waals surface area (Å²) in [5, 5.41) is 22.8. The Hall–Kier alpha value is -2.50. The van der Waals surface area contributed by atoms with E-state index in [2.05, 4.69) is 31.5 Å². The Balaban J connectivity index is 1.97. The predicted octanol–water partition coefficient (Wildman–Crippen LogP) is 3.90. The molecule has 0 unspecified atom stereocenters. The minimum atomic E-state index is -0.791. The molecule has 1 heterocycles. The minimum Gasteiger partial charge on any atom is -0.421 e. The number of benzene rings is 2. The molecule has 138 valence electrons. The molecule has 3 rings (SSSR count). The molecule has 0 saturated heterocycles. The molecule has 0 fully saturated rings. The van der Waals surface area contributed by atoms with Crippen LogP contribution in [0.15, 0.2) is 50.9 Å². The van der Waals surface area contributed by atoms with Crippen LogP contribution < -0.4 is 4.74 Å². The highest BCUT2D eigenvalue weighted by Gasteiger charge is 2.21. The van der Waals surface area contributed by atoms with Crippen molar-refractivity contribution in [3.63, 3.8) is 0 Å². The van der Waals surface area contributed by atoms with Crippen LogP contribution in [0.2, 0.25) is 5.02 Å². The van der Waals surface area contributed by atoms with Crippen molar-refractivity contribution in [1.29, 1.82) is 0 Å². The summed E-state index contributed by atoms with van der Waals surface area (Å²) in [6, 6.07) is 8.61. The summed E-state index contributed by atoms with van der Waals surface area (Å²) in [5.41, 5.74) is -0.250. The van der Waals surface area contributed by atoms with Gasteiger partial charge < -0.3 is 4.74 Å². The van der Waals surface area contributed by atoms with Gasteiger partial charge in [-0.2, -0.15) is 0 Å². The largest absolute Gasteiger partial charge is 0.421 e. The Morgan fingerprint density at radius 3 is 2.74 bits per heavy atom. The van der Waals surface area contributed by atoms with Crippen molar-refractivity contribution in [2.24, 2.45) is 7.05 Å². The highest BCUT2D eigenvalue weighted by Crippen LogP contribution is 2.33. The summed E-state index contributed by atoms with van der Waals surface area (Å²) >= 11 is 10.4. The maximum absolute atomic E-state index is 12.7. The molecule has 0 N–H and O–H groups in total. The average Bonchev–Trinajstić information content (AvgIpc) is 3.02. The van der Waals surface area contributed by atoms with Gasteiger partial charge in [-0.1, -0.05) is 27.5 Å². The Morgan fingerprint density at radius 2 is 2.11 bits per heavy atom. The summed E-state index contributed by atoms with van der Waals surface area (Å²) in [6.07, 6.45) is 0. The van der Waals surface area contributed by atoms with Crippen molar-refractivity contribution in [3.05, 3.63) is 61.6 Å². The van der Waals surface area contributed by atoms with E-state index in [9.17, 15) is 14.9 Å². The van der Waals surface area contributed by atoms with Crippen molar-refractivity contribution in [2.45, 2.75) is 10.1 Å². The van der Waals surface area contributed by atoms with Gasteiger partial charge in [0, 0.05) is 28.5 Å². The average molecular weight is 471 g/mol. The molecule has 3 aromatic rings. The zero-order chi connectivity index (χ0) is 19.6. The van der Waals surface area contributed by atoms with Gasteiger partial charge in [-0.3, -0.25) is 10.1 Å². The number of nitro benzene ring substituents is 1. The quantitative estimate of drug-likeness (QED) is 0.239. The molecule has 0 amide bonds. The van der Waals surface area contributed by atoms with Gasteiger partial charge >= 0.3 is 5.97 Å². The first-order valence-corrected chi connectivity index (χ1v) is 9.20. The molecule has 12 heteroatoms. The number of non-ortho nitro benzene ring substituents is 1. The third-order valence-corrected chi connectivity index (χ3v) is 5.17. The van der Waals surface area contributed by atoms with Crippen LogP contribution in [0.1, 0.15) is 10.4 Å². The topological polar surface area (TPSA) is 113 Å². The zero-order valence-corrected chi connectivity index (χ0v) is 16.7. The van der Waals surface area contributed by atoms with E-state index in [-0.39, 0.29) is 22.0 Å². The monoisotopic (exact) mass is 469 g/mol. The summed E-state index contributed by atoms with van der Waals surface area (Å²) < 4.78 is 7.45. The van der Waals surface area contributed by atoms with E-state index in [4.69, 9.17) is 16.3 Å². The lowest BCUT2D eigenvalue weighted by Crippen LogP contribution is -2.11. The Bertz CT molecular complexity index is 1040. The predicted molar refractivity (Wildman–Crippen MR) is 100 cm³/mol. The number of halogens is 2. The summed E-state index contributed by atoms with van der Waals surface area (Å²) in [7, 11) is 1.63. The second-order valence-corrected chi connectivity index (χ2v) is 7.42. The maximum Gasteiger partial charge on any atom is 0.344 e. The number of aromatic nitrogens is 4. The highest BCUT2D eigenvalue weighted by molar-refractivity contribution is 9.10. The fourth-order valence-electron chi connectivity index (χ4n) is 2.00. The molecule has 0 saturated carbocycles. The van der Waals surface area contributed by atoms with Gasteiger partial charge in [0.1, 0.15) is 5.75 Å². The van der Waals surface area contributed by atoms with E-state index in [1.807, 2.05) is 0 Å². The highest BCUT2D eigenvalue weighted by atomic mass is 79.9. The number of nitrogens with zero attached hydrogens (tertiary/aromatic N) is 5. The molecule has 0 aliphatic carbocycles. The number of hydrogen-bond donors (Lipinski definition) is 0. The maximum atomic E-state index is 12.7. The van der Waals surface area contributed by atoms with Crippen molar-refractivity contribution in [3.8, 4) is 5.75 Å². The molecule has 2 aromatic carbocycles. The standard InChI is InChI=1S/C15H9BrClN5O4S/c1-21-15(18-19-20-21)27-13-5-3-9(22(24)25)7-10(13)14(23)26-12-4-2-8(16)6-11(12)17/h2-7H,1H3. The van der Waals surface area contributed by atoms with E-state index >= 15 is 0 Å². The lowest BCUT2D eigenvalue weighted by molar-refractivity contribution is -0.384. The van der Waals surface area contributed by atoms with Crippen LogP contribution in [0.4, 0.5) is 5.69 Å². The van der Waals surface area contributed by atoms with Gasteiger partial charge in [-0.15, -0.1) is 5.10 Å². The van der Waals surface area contributed by atoms with Crippen LogP contribution in [0, 0.1) is 10.1 Å². The van der Waals surface area contributed by atoms with Crippen molar-refractivity contribution >= 4 is 50.9 Å². The Morgan fingerprint density at radius 1 is 1.33 bits per heavy atom. The summed E-state index contributed by atoms with van der Waals surface area (Å²) in [5.74, 6) is -0.659. The fraction of sp³-hybridized carbons (Fsp3) is 0.0667. The van der Waals surface area contributed by atoms with E-state index in [0.717, 1.165) is 17.8 Å². The number of hydrogen-bond acceptors (Lipinski definition) is 8. The van der Waals surface area contributed by atoms with Gasteiger partial charge in [0.15, 0.2) is 0 Å².